The van der Waals surface area contributed by atoms with Crippen LogP contribution in [0.2, 0.25) is 0 Å². The van der Waals surface area contributed by atoms with E-state index in [0.29, 0.717) is 6.92 Å². The van der Waals surface area contributed by atoms with Crippen molar-refractivity contribution in [2.45, 2.75) is 30.5 Å². The summed E-state index contributed by atoms with van der Waals surface area (Å²) in [5, 5.41) is 11.4. The fourth-order valence-corrected chi connectivity index (χ4v) is 3.74. The van der Waals surface area contributed by atoms with E-state index in [-0.39, 0.29) is 42.4 Å². The molecule has 0 spiro atoms. The monoisotopic (exact) mass is 396 g/mol. The standard InChI is InChI=1S/C15H19F3N2O5S/c1-10-9-11(26(23,24)20-5-7-25-8-6-20)3-4-12(10)19-13(21)14(2,22)15(16,17)18/h3-4,9,22H,5-8H2,1-2H3,(H,19,21). The van der Waals surface area contributed by atoms with Crippen molar-refractivity contribution in [3.63, 3.8) is 0 Å². The Kier molecular flexibility index (Phi) is 5.66. The highest BCUT2D eigenvalue weighted by molar-refractivity contribution is 7.89. The van der Waals surface area contributed by atoms with Crippen molar-refractivity contribution in [1.29, 1.82) is 0 Å². The number of halogens is 3. The molecule has 1 aliphatic rings. The molecular formula is C15H19F3N2O5S. The van der Waals surface area contributed by atoms with Gasteiger partial charge < -0.3 is 15.2 Å². The lowest BCUT2D eigenvalue weighted by Gasteiger charge is -2.27. The third-order valence-corrected chi connectivity index (χ3v) is 5.94. The SMILES string of the molecule is Cc1cc(S(=O)(=O)N2CCOCC2)ccc1NC(=O)C(C)(O)C(F)(F)F. The third kappa shape index (κ3) is 4.00. The van der Waals surface area contributed by atoms with Crippen LogP contribution in [0.15, 0.2) is 23.1 Å². The van der Waals surface area contributed by atoms with E-state index in [9.17, 15) is 31.5 Å². The Morgan fingerprint density at radius 3 is 2.35 bits per heavy atom. The summed E-state index contributed by atoms with van der Waals surface area (Å²) in [4.78, 5) is 11.7. The molecule has 1 aromatic rings. The molecule has 1 amide bonds. The van der Waals surface area contributed by atoms with E-state index in [1.807, 2.05) is 5.32 Å². The second-order valence-corrected chi connectivity index (χ2v) is 7.96. The van der Waals surface area contributed by atoms with Gasteiger partial charge in [0.1, 0.15) is 0 Å². The molecule has 0 radical (unpaired) electrons. The zero-order valence-electron chi connectivity index (χ0n) is 14.1. The number of benzene rings is 1. The first-order valence-electron chi connectivity index (χ1n) is 7.66. The number of aliphatic hydroxyl groups is 1. The molecule has 1 unspecified atom stereocenters. The van der Waals surface area contributed by atoms with Crippen LogP contribution < -0.4 is 5.32 Å². The molecular weight excluding hydrogens is 377 g/mol. The van der Waals surface area contributed by atoms with Crippen molar-refractivity contribution in [3.8, 4) is 0 Å². The highest BCUT2D eigenvalue weighted by Gasteiger charge is 2.55. The van der Waals surface area contributed by atoms with Gasteiger partial charge in [-0.3, -0.25) is 4.79 Å². The number of morpholine rings is 1. The maximum absolute atomic E-state index is 12.7. The van der Waals surface area contributed by atoms with Gasteiger partial charge in [-0.25, -0.2) is 8.42 Å². The Hall–Kier alpha value is -1.69. The molecule has 1 aromatic carbocycles. The van der Waals surface area contributed by atoms with E-state index in [1.54, 1.807) is 0 Å². The van der Waals surface area contributed by atoms with Crippen molar-refractivity contribution >= 4 is 21.6 Å². The fraction of sp³-hybridized carbons (Fsp3) is 0.533. The quantitative estimate of drug-likeness (QED) is 0.799. The number of hydrogen-bond acceptors (Lipinski definition) is 5. The Labute approximate surface area is 148 Å². The number of carbonyl (C=O) groups excluding carboxylic acids is 1. The number of carbonyl (C=O) groups is 1. The Morgan fingerprint density at radius 2 is 1.85 bits per heavy atom. The Morgan fingerprint density at radius 1 is 1.27 bits per heavy atom. The van der Waals surface area contributed by atoms with Gasteiger partial charge in [0, 0.05) is 18.8 Å². The first-order valence-corrected chi connectivity index (χ1v) is 9.10. The number of sulfonamides is 1. The highest BCUT2D eigenvalue weighted by atomic mass is 32.2. The molecule has 1 fully saturated rings. The van der Waals surface area contributed by atoms with Crippen LogP contribution in [0.4, 0.5) is 18.9 Å². The number of nitrogens with one attached hydrogen (secondary N) is 1. The zero-order chi connectivity index (χ0) is 19.8. The second-order valence-electron chi connectivity index (χ2n) is 6.02. The minimum atomic E-state index is -5.15. The van der Waals surface area contributed by atoms with E-state index < -0.39 is 27.7 Å². The predicted octanol–water partition coefficient (Wildman–Crippen LogP) is 1.27. The number of aryl methyl sites for hydroxylation is 1. The number of amides is 1. The third-order valence-electron chi connectivity index (χ3n) is 4.05. The normalized spacial score (nSPS) is 19.0. The number of alkyl halides is 3. The maximum atomic E-state index is 12.7. The molecule has 146 valence electrons. The van der Waals surface area contributed by atoms with Crippen LogP contribution >= 0.6 is 0 Å². The van der Waals surface area contributed by atoms with Gasteiger partial charge in [-0.05, 0) is 37.6 Å². The first-order chi connectivity index (χ1) is 11.9. The molecule has 11 heteroatoms. The lowest BCUT2D eigenvalue weighted by Crippen LogP contribution is -2.52. The number of nitrogens with zero attached hydrogens (tertiary/aromatic N) is 1. The lowest BCUT2D eigenvalue weighted by molar-refractivity contribution is -0.242. The summed E-state index contributed by atoms with van der Waals surface area (Å²) < 4.78 is 69.6. The summed E-state index contributed by atoms with van der Waals surface area (Å²) in [5.74, 6) is -1.66. The number of rotatable bonds is 4. The van der Waals surface area contributed by atoms with Gasteiger partial charge in [0.2, 0.25) is 15.6 Å². The second kappa shape index (κ2) is 7.14. The van der Waals surface area contributed by atoms with Gasteiger partial charge in [-0.2, -0.15) is 17.5 Å². The average Bonchev–Trinajstić information content (AvgIpc) is 2.56. The fourth-order valence-electron chi connectivity index (χ4n) is 2.25. The van der Waals surface area contributed by atoms with Crippen LogP contribution in [0.5, 0.6) is 0 Å². The van der Waals surface area contributed by atoms with Gasteiger partial charge in [-0.1, -0.05) is 0 Å². The minimum absolute atomic E-state index is 0.0274. The number of hydrogen-bond donors (Lipinski definition) is 2. The van der Waals surface area contributed by atoms with Gasteiger partial charge in [0.15, 0.2) is 0 Å². The summed E-state index contributed by atoms with van der Waals surface area (Å²) >= 11 is 0. The summed E-state index contributed by atoms with van der Waals surface area (Å²) in [6.07, 6.45) is -5.15. The summed E-state index contributed by atoms with van der Waals surface area (Å²) in [6.45, 7) is 2.74. The van der Waals surface area contributed by atoms with E-state index in [2.05, 4.69) is 0 Å². The lowest BCUT2D eigenvalue weighted by atomic mass is 10.1. The van der Waals surface area contributed by atoms with Crippen LogP contribution in [-0.2, 0) is 19.6 Å². The topological polar surface area (TPSA) is 95.9 Å². The minimum Gasteiger partial charge on any atom is -0.379 e. The zero-order valence-corrected chi connectivity index (χ0v) is 14.9. The highest BCUT2D eigenvalue weighted by Crippen LogP contribution is 2.32. The van der Waals surface area contributed by atoms with Crippen molar-refractivity contribution in [2.24, 2.45) is 0 Å². The maximum Gasteiger partial charge on any atom is 0.426 e. The largest absolute Gasteiger partial charge is 0.426 e. The van der Waals surface area contributed by atoms with E-state index in [4.69, 9.17) is 4.74 Å². The molecule has 0 aliphatic carbocycles. The van der Waals surface area contributed by atoms with Crippen molar-refractivity contribution in [3.05, 3.63) is 23.8 Å². The van der Waals surface area contributed by atoms with Gasteiger partial charge in [0.25, 0.3) is 5.91 Å². The molecule has 1 atom stereocenters. The first kappa shape index (κ1) is 20.6. The van der Waals surface area contributed by atoms with Gasteiger partial charge in [0.05, 0.1) is 18.1 Å². The molecule has 2 N–H and O–H groups in total. The summed E-state index contributed by atoms with van der Waals surface area (Å²) in [5.41, 5.74) is -3.36. The summed E-state index contributed by atoms with van der Waals surface area (Å²) in [7, 11) is -3.77. The van der Waals surface area contributed by atoms with Crippen molar-refractivity contribution < 1.29 is 36.2 Å². The van der Waals surface area contributed by atoms with Crippen molar-refractivity contribution in [2.75, 3.05) is 31.6 Å². The van der Waals surface area contributed by atoms with Crippen LogP contribution in [0.25, 0.3) is 0 Å². The predicted molar refractivity (Wildman–Crippen MR) is 86.1 cm³/mol. The number of anilines is 1. The van der Waals surface area contributed by atoms with Crippen LogP contribution in [0, 0.1) is 6.92 Å². The molecule has 1 saturated heterocycles. The van der Waals surface area contributed by atoms with Crippen molar-refractivity contribution in [1.82, 2.24) is 4.31 Å². The molecule has 0 aromatic heterocycles. The molecule has 26 heavy (non-hydrogen) atoms. The molecule has 1 heterocycles. The molecule has 1 aliphatic heterocycles. The average molecular weight is 396 g/mol. The molecule has 2 rings (SSSR count). The van der Waals surface area contributed by atoms with Gasteiger partial charge in [-0.15, -0.1) is 0 Å². The summed E-state index contributed by atoms with van der Waals surface area (Å²) in [6, 6.07) is 3.63. The number of ether oxygens (including phenoxy) is 1. The molecule has 0 bridgehead atoms. The Bertz CT molecular complexity index is 787. The van der Waals surface area contributed by atoms with E-state index >= 15 is 0 Å². The smallest absolute Gasteiger partial charge is 0.379 e. The van der Waals surface area contributed by atoms with Crippen LogP contribution in [0.3, 0.4) is 0 Å². The Balaban J connectivity index is 2.23. The van der Waals surface area contributed by atoms with E-state index in [1.165, 1.54) is 29.4 Å². The van der Waals surface area contributed by atoms with Crippen LogP contribution in [-0.4, -0.2) is 61.8 Å². The van der Waals surface area contributed by atoms with E-state index in [0.717, 1.165) is 0 Å². The van der Waals surface area contributed by atoms with Gasteiger partial charge >= 0.3 is 6.18 Å². The molecule has 7 nitrogen and oxygen atoms in total. The molecule has 0 saturated carbocycles. The van der Waals surface area contributed by atoms with Crippen LogP contribution in [0.1, 0.15) is 12.5 Å².